The predicted molar refractivity (Wildman–Crippen MR) is 67.5 cm³/mol. The van der Waals surface area contributed by atoms with Crippen LogP contribution in [-0.4, -0.2) is 35.2 Å². The number of carbonyl (C=O) groups excluding carboxylic acids is 3. The van der Waals surface area contributed by atoms with Gasteiger partial charge in [-0.1, -0.05) is 19.1 Å². The monoisotopic (exact) mass is 258 g/mol. The van der Waals surface area contributed by atoms with Crippen molar-refractivity contribution < 1.29 is 14.4 Å². The van der Waals surface area contributed by atoms with Crippen molar-refractivity contribution in [3.63, 3.8) is 0 Å². The number of hydrogen-bond acceptors (Lipinski definition) is 3. The van der Waals surface area contributed by atoms with Crippen molar-refractivity contribution in [1.82, 2.24) is 10.2 Å². The summed E-state index contributed by atoms with van der Waals surface area (Å²) < 4.78 is 0. The highest BCUT2D eigenvalue weighted by atomic mass is 16.2. The minimum absolute atomic E-state index is 0.0176. The van der Waals surface area contributed by atoms with Gasteiger partial charge in [-0.25, -0.2) is 0 Å². The maximum atomic E-state index is 12.3. The van der Waals surface area contributed by atoms with E-state index < -0.39 is 6.04 Å². The second-order valence-corrected chi connectivity index (χ2v) is 5.03. The molecule has 0 spiro atoms. The fourth-order valence-electron chi connectivity index (χ4n) is 2.78. The average molecular weight is 258 g/mol. The van der Waals surface area contributed by atoms with Crippen LogP contribution in [0.1, 0.15) is 34.1 Å². The highest BCUT2D eigenvalue weighted by Crippen LogP contribution is 2.29. The number of amides is 3. The number of nitrogens with zero attached hydrogens (tertiary/aromatic N) is 1. The number of imide groups is 1. The minimum atomic E-state index is -0.693. The Labute approximate surface area is 110 Å². The Hall–Kier alpha value is -2.17. The van der Waals surface area contributed by atoms with E-state index in [-0.39, 0.29) is 23.6 Å². The first kappa shape index (κ1) is 11.9. The van der Waals surface area contributed by atoms with Crippen LogP contribution in [0.25, 0.3) is 0 Å². The maximum absolute atomic E-state index is 12.3. The van der Waals surface area contributed by atoms with Crippen LogP contribution in [0.3, 0.4) is 0 Å². The Morgan fingerprint density at radius 1 is 1.11 bits per heavy atom. The molecule has 19 heavy (non-hydrogen) atoms. The molecule has 2 aliphatic rings. The van der Waals surface area contributed by atoms with Gasteiger partial charge in [-0.2, -0.15) is 0 Å². The second kappa shape index (κ2) is 4.19. The Kier molecular flexibility index (Phi) is 2.62. The molecule has 0 radical (unpaired) electrons. The predicted octanol–water partition coefficient (Wildman–Crippen LogP) is 0.807. The highest BCUT2D eigenvalue weighted by Gasteiger charge is 2.45. The first-order valence-corrected chi connectivity index (χ1v) is 6.36. The zero-order valence-electron chi connectivity index (χ0n) is 10.6. The van der Waals surface area contributed by atoms with Gasteiger partial charge in [0.2, 0.25) is 5.91 Å². The molecule has 1 aromatic carbocycles. The van der Waals surface area contributed by atoms with E-state index in [0.717, 1.165) is 11.3 Å². The molecule has 0 saturated carbocycles. The summed E-state index contributed by atoms with van der Waals surface area (Å²) in [7, 11) is 0. The lowest BCUT2D eigenvalue weighted by Crippen LogP contribution is -2.56. The molecule has 5 heteroatoms. The van der Waals surface area contributed by atoms with E-state index in [2.05, 4.69) is 5.32 Å². The van der Waals surface area contributed by atoms with Gasteiger partial charge in [0, 0.05) is 6.54 Å². The molecule has 98 valence electrons. The Morgan fingerprint density at radius 3 is 2.21 bits per heavy atom. The first-order valence-electron chi connectivity index (χ1n) is 6.36. The van der Waals surface area contributed by atoms with Crippen molar-refractivity contribution in [2.45, 2.75) is 19.4 Å². The topological polar surface area (TPSA) is 66.5 Å². The van der Waals surface area contributed by atoms with E-state index >= 15 is 0 Å². The smallest absolute Gasteiger partial charge is 0.262 e. The molecule has 2 heterocycles. The third-order valence-corrected chi connectivity index (χ3v) is 3.81. The zero-order chi connectivity index (χ0) is 13.6. The Morgan fingerprint density at radius 2 is 1.68 bits per heavy atom. The molecule has 1 N–H and O–H groups in total. The van der Waals surface area contributed by atoms with E-state index in [1.807, 2.05) is 6.92 Å². The molecule has 0 aromatic heterocycles. The van der Waals surface area contributed by atoms with Crippen molar-refractivity contribution in [3.05, 3.63) is 35.4 Å². The summed E-state index contributed by atoms with van der Waals surface area (Å²) in [5, 5.41) is 2.72. The molecule has 0 unspecified atom stereocenters. The number of fused-ring (bicyclic) bond motifs is 1. The Balaban J connectivity index is 2.02. The molecule has 1 aromatic rings. The van der Waals surface area contributed by atoms with Crippen LogP contribution < -0.4 is 5.32 Å². The summed E-state index contributed by atoms with van der Waals surface area (Å²) in [4.78, 5) is 37.7. The lowest BCUT2D eigenvalue weighted by Gasteiger charge is -2.33. The van der Waals surface area contributed by atoms with Crippen LogP contribution in [-0.2, 0) is 4.79 Å². The van der Waals surface area contributed by atoms with Crippen LogP contribution in [0.15, 0.2) is 24.3 Å². The summed E-state index contributed by atoms with van der Waals surface area (Å²) in [5.74, 6) is -0.992. The van der Waals surface area contributed by atoms with Gasteiger partial charge < -0.3 is 5.32 Å². The highest BCUT2D eigenvalue weighted by molar-refractivity contribution is 6.22. The van der Waals surface area contributed by atoms with E-state index in [4.69, 9.17) is 0 Å². The molecule has 2 atom stereocenters. The van der Waals surface area contributed by atoms with Crippen molar-refractivity contribution in [3.8, 4) is 0 Å². The van der Waals surface area contributed by atoms with E-state index in [9.17, 15) is 14.4 Å². The van der Waals surface area contributed by atoms with Gasteiger partial charge in [-0.15, -0.1) is 0 Å². The molecule has 1 saturated heterocycles. The van der Waals surface area contributed by atoms with Gasteiger partial charge in [0.15, 0.2) is 0 Å². The van der Waals surface area contributed by atoms with Crippen LogP contribution in [0.5, 0.6) is 0 Å². The number of benzene rings is 1. The van der Waals surface area contributed by atoms with Crippen LogP contribution in [0.2, 0.25) is 0 Å². The second-order valence-electron chi connectivity index (χ2n) is 5.03. The number of hydrogen-bond donors (Lipinski definition) is 1. The lowest BCUT2D eigenvalue weighted by atomic mass is 9.92. The van der Waals surface area contributed by atoms with Crippen LogP contribution in [0.4, 0.5) is 0 Å². The summed E-state index contributed by atoms with van der Waals surface area (Å²) in [6, 6.07) is 6.00. The molecular weight excluding hydrogens is 244 g/mol. The minimum Gasteiger partial charge on any atom is -0.354 e. The van der Waals surface area contributed by atoms with E-state index in [1.165, 1.54) is 0 Å². The fourth-order valence-corrected chi connectivity index (χ4v) is 2.78. The SMILES string of the molecule is C[C@H]1CCNC(=O)[C@@H]1N1C(=O)c2ccccc2C1=O. The van der Waals surface area contributed by atoms with Gasteiger partial charge in [0.05, 0.1) is 11.1 Å². The average Bonchev–Trinajstić information content (AvgIpc) is 2.64. The fraction of sp³-hybridized carbons (Fsp3) is 0.357. The number of carbonyl (C=O) groups is 3. The third-order valence-electron chi connectivity index (χ3n) is 3.81. The third kappa shape index (κ3) is 1.65. The molecule has 0 aliphatic carbocycles. The van der Waals surface area contributed by atoms with Gasteiger partial charge in [-0.05, 0) is 24.5 Å². The number of rotatable bonds is 1. The van der Waals surface area contributed by atoms with Crippen molar-refractivity contribution in [2.24, 2.45) is 5.92 Å². The van der Waals surface area contributed by atoms with Gasteiger partial charge in [0.25, 0.3) is 11.8 Å². The summed E-state index contributed by atoms with van der Waals surface area (Å²) >= 11 is 0. The van der Waals surface area contributed by atoms with Gasteiger partial charge >= 0.3 is 0 Å². The lowest BCUT2D eigenvalue weighted by molar-refractivity contribution is -0.128. The maximum Gasteiger partial charge on any atom is 0.262 e. The quantitative estimate of drug-likeness (QED) is 0.758. The van der Waals surface area contributed by atoms with E-state index in [1.54, 1.807) is 24.3 Å². The molecule has 2 aliphatic heterocycles. The van der Waals surface area contributed by atoms with Crippen LogP contribution >= 0.6 is 0 Å². The standard InChI is InChI=1S/C14H14N2O3/c1-8-6-7-15-12(17)11(8)16-13(18)9-4-2-3-5-10(9)14(16)19/h2-5,8,11H,6-7H2,1H3,(H,15,17)/t8-,11+/m0/s1. The Bertz CT molecular complexity index is 547. The molecule has 5 nitrogen and oxygen atoms in total. The first-order chi connectivity index (χ1) is 9.11. The molecule has 3 amide bonds. The van der Waals surface area contributed by atoms with Crippen molar-refractivity contribution in [1.29, 1.82) is 0 Å². The van der Waals surface area contributed by atoms with Gasteiger partial charge in [-0.3, -0.25) is 19.3 Å². The zero-order valence-corrected chi connectivity index (χ0v) is 10.6. The van der Waals surface area contributed by atoms with E-state index in [0.29, 0.717) is 17.7 Å². The number of nitrogens with one attached hydrogen (secondary N) is 1. The summed E-state index contributed by atoms with van der Waals surface area (Å²) in [6.45, 7) is 2.49. The van der Waals surface area contributed by atoms with Crippen LogP contribution in [0, 0.1) is 5.92 Å². The van der Waals surface area contributed by atoms with Crippen molar-refractivity contribution in [2.75, 3.05) is 6.54 Å². The summed E-state index contributed by atoms with van der Waals surface area (Å²) in [6.07, 6.45) is 0.768. The summed E-state index contributed by atoms with van der Waals surface area (Å²) in [5.41, 5.74) is 0.774. The molecular formula is C14H14N2O3. The normalized spacial score (nSPS) is 26.4. The van der Waals surface area contributed by atoms with Gasteiger partial charge in [0.1, 0.15) is 6.04 Å². The number of piperidine rings is 1. The molecule has 0 bridgehead atoms. The van der Waals surface area contributed by atoms with Crippen molar-refractivity contribution >= 4 is 17.7 Å². The largest absolute Gasteiger partial charge is 0.354 e. The molecule has 3 rings (SSSR count). The molecule has 1 fully saturated rings.